The number of halogens is 1. The molecule has 1 aromatic heterocycles. The molecule has 0 amide bonds. The van der Waals surface area contributed by atoms with Crippen molar-refractivity contribution in [2.24, 2.45) is 12.9 Å². The quantitative estimate of drug-likeness (QED) is 0.666. The summed E-state index contributed by atoms with van der Waals surface area (Å²) in [6.07, 6.45) is 3.38. The second-order valence-electron chi connectivity index (χ2n) is 4.95. The fourth-order valence-corrected chi connectivity index (χ4v) is 2.96. The van der Waals surface area contributed by atoms with Crippen LogP contribution in [-0.2, 0) is 19.9 Å². The average Bonchev–Trinajstić information content (AvgIpc) is 3.04. The van der Waals surface area contributed by atoms with Crippen LogP contribution < -0.4 is 16.0 Å². The fourth-order valence-electron chi connectivity index (χ4n) is 2.69. The molecule has 0 spiro atoms. The van der Waals surface area contributed by atoms with Crippen molar-refractivity contribution in [1.29, 1.82) is 0 Å². The van der Waals surface area contributed by atoms with Gasteiger partial charge in [0.05, 0.1) is 18.3 Å². The molecule has 1 aliphatic rings. The topological polar surface area (TPSA) is 65.1 Å². The minimum Gasteiger partial charge on any atom is -0.493 e. The Bertz CT molecular complexity index is 626. The summed E-state index contributed by atoms with van der Waals surface area (Å²) in [5.74, 6) is 6.65. The Hall–Kier alpha value is -1.56. The van der Waals surface area contributed by atoms with Crippen LogP contribution in [0.5, 0.6) is 5.75 Å². The fraction of sp³-hybridized carbons (Fsp3) is 0.357. The number of hydrogen-bond donors (Lipinski definition) is 2. The molecule has 1 aromatic carbocycles. The second kappa shape index (κ2) is 5.44. The minimum atomic E-state index is -0.0331. The van der Waals surface area contributed by atoms with Gasteiger partial charge in [-0.05, 0) is 35.7 Å². The van der Waals surface area contributed by atoms with Gasteiger partial charge in [0.15, 0.2) is 0 Å². The number of hydrogen-bond acceptors (Lipinski definition) is 4. The Morgan fingerprint density at radius 3 is 3.10 bits per heavy atom. The number of fused-ring (bicyclic) bond motifs is 1. The minimum absolute atomic E-state index is 0.0331. The van der Waals surface area contributed by atoms with Gasteiger partial charge in [0, 0.05) is 24.7 Å². The first-order chi connectivity index (χ1) is 9.69. The number of aromatic nitrogens is 2. The van der Waals surface area contributed by atoms with Crippen LogP contribution in [0.2, 0.25) is 5.02 Å². The van der Waals surface area contributed by atoms with Crippen LogP contribution in [0.25, 0.3) is 0 Å². The van der Waals surface area contributed by atoms with Crippen LogP contribution in [0, 0.1) is 0 Å². The molecule has 20 heavy (non-hydrogen) atoms. The third-order valence-electron chi connectivity index (χ3n) is 3.67. The summed E-state index contributed by atoms with van der Waals surface area (Å²) in [4.78, 5) is 0. The molecule has 1 atom stereocenters. The monoisotopic (exact) mass is 292 g/mol. The molecule has 0 saturated carbocycles. The molecule has 5 nitrogen and oxygen atoms in total. The zero-order valence-corrected chi connectivity index (χ0v) is 12.0. The molecule has 2 aromatic rings. The van der Waals surface area contributed by atoms with Crippen LogP contribution >= 0.6 is 11.6 Å². The molecule has 106 valence electrons. The molecular formula is C14H17ClN4O. The maximum absolute atomic E-state index is 6.19. The van der Waals surface area contributed by atoms with E-state index >= 15 is 0 Å². The number of ether oxygens (including phenoxy) is 1. The maximum atomic E-state index is 6.19. The highest BCUT2D eigenvalue weighted by molar-refractivity contribution is 6.30. The smallest absolute Gasteiger partial charge is 0.125 e. The highest BCUT2D eigenvalue weighted by atomic mass is 35.5. The van der Waals surface area contributed by atoms with Crippen molar-refractivity contribution in [1.82, 2.24) is 15.2 Å². The lowest BCUT2D eigenvalue weighted by Crippen LogP contribution is -2.31. The Kier molecular flexibility index (Phi) is 3.65. The highest BCUT2D eigenvalue weighted by Crippen LogP contribution is 2.35. The van der Waals surface area contributed by atoms with E-state index in [1.807, 2.05) is 29.9 Å². The lowest BCUT2D eigenvalue weighted by atomic mass is 10.00. The Morgan fingerprint density at radius 2 is 2.40 bits per heavy atom. The molecule has 2 heterocycles. The number of rotatable bonds is 4. The van der Waals surface area contributed by atoms with E-state index < -0.39 is 0 Å². The summed E-state index contributed by atoms with van der Waals surface area (Å²) < 4.78 is 7.54. The Labute approximate surface area is 122 Å². The van der Waals surface area contributed by atoms with Crippen molar-refractivity contribution in [3.8, 4) is 5.75 Å². The summed E-state index contributed by atoms with van der Waals surface area (Å²) in [5.41, 5.74) is 6.12. The van der Waals surface area contributed by atoms with Crippen molar-refractivity contribution in [2.45, 2.75) is 18.9 Å². The standard InChI is InChI=1S/C14H17ClN4O/c1-19-13(2-4-17-19)12(18-16)8-10-7-11(15)6-9-3-5-20-14(9)10/h2,4,6-7,12,18H,3,5,8,16H2,1H3. The first-order valence-corrected chi connectivity index (χ1v) is 6.95. The van der Waals surface area contributed by atoms with Gasteiger partial charge in [0.1, 0.15) is 5.75 Å². The predicted octanol–water partition coefficient (Wildman–Crippen LogP) is 1.76. The van der Waals surface area contributed by atoms with Gasteiger partial charge < -0.3 is 4.74 Å². The zero-order valence-electron chi connectivity index (χ0n) is 11.3. The summed E-state index contributed by atoms with van der Waals surface area (Å²) in [5, 5.41) is 4.92. The molecule has 0 radical (unpaired) electrons. The molecule has 6 heteroatoms. The largest absolute Gasteiger partial charge is 0.493 e. The van der Waals surface area contributed by atoms with Crippen LogP contribution in [0.3, 0.4) is 0 Å². The summed E-state index contributed by atoms with van der Waals surface area (Å²) >= 11 is 6.19. The SMILES string of the molecule is Cn1nccc1C(Cc1cc(Cl)cc2c1OCC2)NN. The van der Waals surface area contributed by atoms with Gasteiger partial charge in [-0.3, -0.25) is 16.0 Å². The third-order valence-corrected chi connectivity index (χ3v) is 3.88. The van der Waals surface area contributed by atoms with Gasteiger partial charge in [-0.15, -0.1) is 0 Å². The van der Waals surface area contributed by atoms with E-state index in [2.05, 4.69) is 10.5 Å². The molecular weight excluding hydrogens is 276 g/mol. The van der Waals surface area contributed by atoms with E-state index in [1.54, 1.807) is 6.20 Å². The summed E-state index contributed by atoms with van der Waals surface area (Å²) in [6, 6.07) is 5.85. The molecule has 1 unspecified atom stereocenters. The van der Waals surface area contributed by atoms with Crippen molar-refractivity contribution in [2.75, 3.05) is 6.61 Å². The highest BCUT2D eigenvalue weighted by Gasteiger charge is 2.21. The van der Waals surface area contributed by atoms with Gasteiger partial charge in [0.25, 0.3) is 0 Å². The molecule has 1 aliphatic heterocycles. The average molecular weight is 293 g/mol. The predicted molar refractivity (Wildman–Crippen MR) is 77.6 cm³/mol. The van der Waals surface area contributed by atoms with Gasteiger partial charge in [-0.1, -0.05) is 11.6 Å². The van der Waals surface area contributed by atoms with Crippen LogP contribution in [-0.4, -0.2) is 16.4 Å². The normalized spacial score (nSPS) is 14.9. The van der Waals surface area contributed by atoms with Gasteiger partial charge in [0.2, 0.25) is 0 Å². The first-order valence-electron chi connectivity index (χ1n) is 6.57. The third kappa shape index (κ3) is 2.40. The van der Waals surface area contributed by atoms with Gasteiger partial charge in [-0.25, -0.2) is 0 Å². The number of benzene rings is 1. The van der Waals surface area contributed by atoms with Crippen LogP contribution in [0.4, 0.5) is 0 Å². The van der Waals surface area contributed by atoms with Crippen molar-refractivity contribution in [3.05, 3.63) is 46.2 Å². The zero-order chi connectivity index (χ0) is 14.1. The number of nitrogens with one attached hydrogen (secondary N) is 1. The van der Waals surface area contributed by atoms with Crippen molar-refractivity contribution >= 4 is 11.6 Å². The number of nitrogens with two attached hydrogens (primary N) is 1. The molecule has 0 fully saturated rings. The van der Waals surface area contributed by atoms with E-state index in [0.717, 1.165) is 35.1 Å². The van der Waals surface area contributed by atoms with E-state index in [0.29, 0.717) is 6.42 Å². The van der Waals surface area contributed by atoms with E-state index in [1.165, 1.54) is 5.56 Å². The van der Waals surface area contributed by atoms with E-state index in [9.17, 15) is 0 Å². The summed E-state index contributed by atoms with van der Waals surface area (Å²) in [6.45, 7) is 0.717. The van der Waals surface area contributed by atoms with Crippen molar-refractivity contribution < 1.29 is 4.74 Å². The lowest BCUT2D eigenvalue weighted by Gasteiger charge is -2.18. The molecule has 0 bridgehead atoms. The van der Waals surface area contributed by atoms with Crippen LogP contribution in [0.1, 0.15) is 22.9 Å². The van der Waals surface area contributed by atoms with E-state index in [-0.39, 0.29) is 6.04 Å². The summed E-state index contributed by atoms with van der Waals surface area (Å²) in [7, 11) is 1.90. The Balaban J connectivity index is 1.92. The number of nitrogens with zero attached hydrogens (tertiary/aromatic N) is 2. The van der Waals surface area contributed by atoms with Crippen LogP contribution in [0.15, 0.2) is 24.4 Å². The number of hydrazine groups is 1. The van der Waals surface area contributed by atoms with Gasteiger partial charge >= 0.3 is 0 Å². The molecule has 0 saturated heterocycles. The van der Waals surface area contributed by atoms with E-state index in [4.69, 9.17) is 22.2 Å². The second-order valence-corrected chi connectivity index (χ2v) is 5.39. The Morgan fingerprint density at radius 1 is 1.55 bits per heavy atom. The molecule has 3 N–H and O–H groups in total. The molecule has 0 aliphatic carbocycles. The maximum Gasteiger partial charge on any atom is 0.125 e. The van der Waals surface area contributed by atoms with Gasteiger partial charge in [-0.2, -0.15) is 5.10 Å². The first kappa shape index (κ1) is 13.4. The number of aryl methyl sites for hydroxylation is 1. The van der Waals surface area contributed by atoms with Crippen molar-refractivity contribution in [3.63, 3.8) is 0 Å². The lowest BCUT2D eigenvalue weighted by molar-refractivity contribution is 0.351. The molecule has 3 rings (SSSR count).